The van der Waals surface area contributed by atoms with Crippen molar-refractivity contribution >= 4 is 37.4 Å². The van der Waals surface area contributed by atoms with Gasteiger partial charge in [-0.15, -0.1) is 11.3 Å². The van der Waals surface area contributed by atoms with E-state index in [2.05, 4.69) is 58.6 Å². The highest BCUT2D eigenvalue weighted by Gasteiger charge is 2.03. The second kappa shape index (κ2) is 5.65. The fourth-order valence-corrected chi connectivity index (χ4v) is 3.03. The Kier molecular flexibility index (Phi) is 4.19. The zero-order valence-electron chi connectivity index (χ0n) is 9.37. The van der Waals surface area contributed by atoms with E-state index < -0.39 is 0 Å². The van der Waals surface area contributed by atoms with Crippen LogP contribution in [0.3, 0.4) is 0 Å². The van der Waals surface area contributed by atoms with Gasteiger partial charge in [0, 0.05) is 10.0 Å². The van der Waals surface area contributed by atoms with E-state index in [-0.39, 0.29) is 0 Å². The molecule has 0 N–H and O–H groups in total. The molecule has 0 spiro atoms. The molecule has 0 aliphatic rings. The van der Waals surface area contributed by atoms with Crippen molar-refractivity contribution in [3.05, 3.63) is 46.9 Å². The molecule has 1 heterocycles. The third-order valence-electron chi connectivity index (χ3n) is 2.63. The maximum atomic E-state index is 3.45. The van der Waals surface area contributed by atoms with Crippen molar-refractivity contribution in [3.63, 3.8) is 0 Å². The third-order valence-corrected chi connectivity index (χ3v) is 4.10. The summed E-state index contributed by atoms with van der Waals surface area (Å²) in [5, 5.41) is 4.75. The lowest BCUT2D eigenvalue weighted by Crippen LogP contribution is -1.85. The van der Waals surface area contributed by atoms with Gasteiger partial charge >= 0.3 is 0 Å². The number of fused-ring (bicyclic) bond motifs is 1. The van der Waals surface area contributed by atoms with Gasteiger partial charge in [0.25, 0.3) is 0 Å². The maximum Gasteiger partial charge on any atom is 0.0345 e. The molecule has 0 saturated carbocycles. The second-order valence-corrected chi connectivity index (χ2v) is 5.67. The Morgan fingerprint density at radius 3 is 3.00 bits per heavy atom. The van der Waals surface area contributed by atoms with Crippen LogP contribution >= 0.6 is 27.3 Å². The quantitative estimate of drug-likeness (QED) is 0.539. The molecule has 0 atom stereocenters. The molecule has 0 saturated heterocycles. The molecule has 16 heavy (non-hydrogen) atoms. The van der Waals surface area contributed by atoms with E-state index in [0.29, 0.717) is 0 Å². The predicted octanol–water partition coefficient (Wildman–Crippen LogP) is 5.18. The van der Waals surface area contributed by atoms with Gasteiger partial charge in [0.15, 0.2) is 0 Å². The summed E-state index contributed by atoms with van der Waals surface area (Å²) >= 11 is 5.30. The molecular formula is C14H15BrS. The fourth-order valence-electron chi connectivity index (χ4n) is 1.84. The van der Waals surface area contributed by atoms with Crippen LogP contribution in [0.2, 0.25) is 0 Å². The molecule has 0 fully saturated rings. The van der Waals surface area contributed by atoms with E-state index in [1.54, 1.807) is 0 Å². The van der Waals surface area contributed by atoms with E-state index in [9.17, 15) is 0 Å². The Hall–Kier alpha value is -0.600. The van der Waals surface area contributed by atoms with Gasteiger partial charge in [0.2, 0.25) is 0 Å². The molecule has 84 valence electrons. The lowest BCUT2D eigenvalue weighted by atomic mass is 10.0. The molecule has 2 rings (SSSR count). The van der Waals surface area contributed by atoms with Gasteiger partial charge in [-0.25, -0.2) is 0 Å². The van der Waals surface area contributed by atoms with Gasteiger partial charge in [-0.1, -0.05) is 45.8 Å². The highest BCUT2D eigenvalue weighted by Crippen LogP contribution is 2.27. The Labute approximate surface area is 109 Å². The minimum atomic E-state index is 1.05. The van der Waals surface area contributed by atoms with Crippen LogP contribution in [0, 0.1) is 0 Å². The molecule has 1 aromatic carbocycles. The summed E-state index contributed by atoms with van der Waals surface area (Å²) in [5.41, 5.74) is 2.92. The van der Waals surface area contributed by atoms with Gasteiger partial charge in [0.1, 0.15) is 0 Å². The monoisotopic (exact) mass is 294 g/mol. The number of alkyl halides is 1. The van der Waals surface area contributed by atoms with Crippen LogP contribution in [0.15, 0.2) is 41.3 Å². The van der Waals surface area contributed by atoms with E-state index >= 15 is 0 Å². The van der Waals surface area contributed by atoms with Crippen molar-refractivity contribution in [2.24, 2.45) is 0 Å². The van der Waals surface area contributed by atoms with Crippen molar-refractivity contribution < 1.29 is 0 Å². The first-order valence-electron chi connectivity index (χ1n) is 5.48. The van der Waals surface area contributed by atoms with Gasteiger partial charge in [-0.2, -0.15) is 0 Å². The minimum absolute atomic E-state index is 1.05. The van der Waals surface area contributed by atoms with Gasteiger partial charge in [0.05, 0.1) is 0 Å². The molecular weight excluding hydrogens is 280 g/mol. The van der Waals surface area contributed by atoms with Crippen LogP contribution in [-0.2, 0) is 6.42 Å². The highest BCUT2D eigenvalue weighted by atomic mass is 79.9. The number of hydrogen-bond acceptors (Lipinski definition) is 1. The van der Waals surface area contributed by atoms with Crippen LogP contribution in [0.1, 0.15) is 18.9 Å². The normalized spacial score (nSPS) is 12.2. The second-order valence-electron chi connectivity index (χ2n) is 3.96. The van der Waals surface area contributed by atoms with E-state index in [1.165, 1.54) is 21.2 Å². The molecule has 0 bridgehead atoms. The number of allylic oxidation sites excluding steroid dienone is 2. The summed E-state index contributed by atoms with van der Waals surface area (Å²) in [6, 6.07) is 8.65. The summed E-state index contributed by atoms with van der Waals surface area (Å²) in [6.45, 7) is 2.22. The summed E-state index contributed by atoms with van der Waals surface area (Å²) in [5.74, 6) is 0. The summed E-state index contributed by atoms with van der Waals surface area (Å²) in [6.07, 6.45) is 4.52. The zero-order chi connectivity index (χ0) is 11.4. The number of thiophene rings is 1. The molecule has 0 unspecified atom stereocenters. The number of halogens is 1. The Morgan fingerprint density at radius 2 is 2.19 bits per heavy atom. The highest BCUT2D eigenvalue weighted by molar-refractivity contribution is 9.09. The number of benzene rings is 1. The lowest BCUT2D eigenvalue weighted by Gasteiger charge is -2.00. The van der Waals surface area contributed by atoms with Crippen LogP contribution in [0.25, 0.3) is 10.1 Å². The number of hydrogen-bond donors (Lipinski definition) is 0. The average Bonchev–Trinajstić information content (AvgIpc) is 2.70. The average molecular weight is 295 g/mol. The van der Waals surface area contributed by atoms with Crippen molar-refractivity contribution in [2.45, 2.75) is 19.8 Å². The largest absolute Gasteiger partial charge is 0.144 e. The van der Waals surface area contributed by atoms with Gasteiger partial charge in [-0.3, -0.25) is 0 Å². The van der Waals surface area contributed by atoms with Crippen molar-refractivity contribution in [3.8, 4) is 0 Å². The molecule has 0 radical (unpaired) electrons. The van der Waals surface area contributed by atoms with Crippen molar-refractivity contribution in [2.75, 3.05) is 5.33 Å². The fraction of sp³-hybridized carbons (Fsp3) is 0.286. The minimum Gasteiger partial charge on any atom is -0.144 e. The first-order valence-corrected chi connectivity index (χ1v) is 7.48. The Bertz CT molecular complexity index is 496. The molecule has 1 aromatic heterocycles. The number of rotatable bonds is 4. The molecule has 0 aliphatic carbocycles. The molecule has 0 amide bonds. The SMILES string of the molecule is CC(=CCCBr)Cc1csc2ccccc12. The summed E-state index contributed by atoms with van der Waals surface area (Å²) in [7, 11) is 0. The topological polar surface area (TPSA) is 0 Å². The molecule has 0 aliphatic heterocycles. The first-order chi connectivity index (χ1) is 7.81. The maximum absolute atomic E-state index is 3.45. The molecule has 2 aromatic rings. The summed E-state index contributed by atoms with van der Waals surface area (Å²) in [4.78, 5) is 0. The first kappa shape index (κ1) is 11.9. The molecule has 0 nitrogen and oxygen atoms in total. The smallest absolute Gasteiger partial charge is 0.0345 e. The Balaban J connectivity index is 2.21. The Morgan fingerprint density at radius 1 is 1.38 bits per heavy atom. The lowest BCUT2D eigenvalue weighted by molar-refractivity contribution is 1.11. The van der Waals surface area contributed by atoms with Crippen molar-refractivity contribution in [1.29, 1.82) is 0 Å². The van der Waals surface area contributed by atoms with Crippen LogP contribution in [0.5, 0.6) is 0 Å². The van der Waals surface area contributed by atoms with Crippen LogP contribution < -0.4 is 0 Å². The van der Waals surface area contributed by atoms with Crippen LogP contribution in [0.4, 0.5) is 0 Å². The zero-order valence-corrected chi connectivity index (χ0v) is 11.8. The van der Waals surface area contributed by atoms with E-state index in [0.717, 1.165) is 18.2 Å². The summed E-state index contributed by atoms with van der Waals surface area (Å²) < 4.78 is 1.39. The van der Waals surface area contributed by atoms with E-state index in [1.807, 2.05) is 11.3 Å². The third kappa shape index (κ3) is 2.74. The van der Waals surface area contributed by atoms with Gasteiger partial charge in [-0.05, 0) is 42.2 Å². The standard InChI is InChI=1S/C14H15BrS/c1-11(5-4-8-15)9-12-10-16-14-7-3-2-6-13(12)14/h2-3,5-7,10H,4,8-9H2,1H3. The van der Waals surface area contributed by atoms with Gasteiger partial charge < -0.3 is 0 Å². The van der Waals surface area contributed by atoms with Crippen molar-refractivity contribution in [1.82, 2.24) is 0 Å². The van der Waals surface area contributed by atoms with Crippen LogP contribution in [-0.4, -0.2) is 5.33 Å². The predicted molar refractivity (Wildman–Crippen MR) is 77.7 cm³/mol. The van der Waals surface area contributed by atoms with E-state index in [4.69, 9.17) is 0 Å². The molecule has 2 heteroatoms.